The molecule has 9 nitrogen and oxygen atoms in total. The van der Waals surface area contributed by atoms with Crippen molar-refractivity contribution in [2.75, 3.05) is 31.1 Å². The highest BCUT2D eigenvalue weighted by Gasteiger charge is 2.25. The van der Waals surface area contributed by atoms with Gasteiger partial charge in [0, 0.05) is 38.4 Å². The summed E-state index contributed by atoms with van der Waals surface area (Å²) in [4.78, 5) is 25.6. The first kappa shape index (κ1) is 16.5. The number of aromatic nitrogens is 5. The molecule has 0 aliphatic carbocycles. The number of nitrogens with zero attached hydrogens (tertiary/aromatic N) is 7. The summed E-state index contributed by atoms with van der Waals surface area (Å²) in [6, 6.07) is 2.10. The first-order valence-corrected chi connectivity index (χ1v) is 8.70. The lowest BCUT2D eigenvalue weighted by atomic mass is 10.2. The van der Waals surface area contributed by atoms with Gasteiger partial charge in [0.25, 0.3) is 5.91 Å². The van der Waals surface area contributed by atoms with E-state index in [1.54, 1.807) is 12.5 Å². The van der Waals surface area contributed by atoms with Gasteiger partial charge in [-0.05, 0) is 32.0 Å². The molecule has 0 saturated carbocycles. The number of aryl methyl sites for hydroxylation is 1. The molecule has 9 heteroatoms. The van der Waals surface area contributed by atoms with Crippen molar-refractivity contribution >= 4 is 22.9 Å². The van der Waals surface area contributed by atoms with Crippen molar-refractivity contribution in [3.63, 3.8) is 0 Å². The van der Waals surface area contributed by atoms with Crippen molar-refractivity contribution in [1.29, 1.82) is 0 Å². The second kappa shape index (κ2) is 6.40. The van der Waals surface area contributed by atoms with Crippen molar-refractivity contribution in [2.45, 2.75) is 26.8 Å². The summed E-state index contributed by atoms with van der Waals surface area (Å²) in [6.07, 6.45) is 3.41. The highest BCUT2D eigenvalue weighted by Crippen LogP contribution is 2.20. The van der Waals surface area contributed by atoms with E-state index in [1.165, 1.54) is 0 Å². The Labute approximate surface area is 150 Å². The third-order valence-corrected chi connectivity index (χ3v) is 4.71. The molecule has 1 amide bonds. The number of carbonyl (C=O) groups is 1. The maximum atomic E-state index is 12.8. The first-order valence-electron chi connectivity index (χ1n) is 8.70. The average Bonchev–Trinajstić information content (AvgIpc) is 3.26. The lowest BCUT2D eigenvalue weighted by Crippen LogP contribution is -2.49. The van der Waals surface area contributed by atoms with Crippen LogP contribution in [0.15, 0.2) is 23.2 Å². The van der Waals surface area contributed by atoms with Crippen molar-refractivity contribution in [1.82, 2.24) is 29.7 Å². The zero-order valence-corrected chi connectivity index (χ0v) is 15.1. The highest BCUT2D eigenvalue weighted by molar-refractivity contribution is 5.96. The van der Waals surface area contributed by atoms with E-state index in [2.05, 4.69) is 39.0 Å². The Morgan fingerprint density at radius 2 is 1.92 bits per heavy atom. The fourth-order valence-electron chi connectivity index (χ4n) is 3.23. The van der Waals surface area contributed by atoms with Gasteiger partial charge in [0.15, 0.2) is 11.5 Å². The third kappa shape index (κ3) is 2.79. The van der Waals surface area contributed by atoms with E-state index in [-0.39, 0.29) is 11.9 Å². The smallest absolute Gasteiger partial charge is 0.255 e. The van der Waals surface area contributed by atoms with Crippen molar-refractivity contribution in [3.8, 4) is 0 Å². The van der Waals surface area contributed by atoms with Gasteiger partial charge in [-0.2, -0.15) is 0 Å². The van der Waals surface area contributed by atoms with Crippen LogP contribution >= 0.6 is 0 Å². The van der Waals surface area contributed by atoms with Gasteiger partial charge in [0.05, 0.1) is 11.9 Å². The maximum absolute atomic E-state index is 12.8. The monoisotopic (exact) mass is 355 g/mol. The van der Waals surface area contributed by atoms with Crippen LogP contribution in [0.3, 0.4) is 0 Å². The van der Waals surface area contributed by atoms with E-state index >= 15 is 0 Å². The number of anilines is 1. The van der Waals surface area contributed by atoms with Crippen molar-refractivity contribution in [2.24, 2.45) is 0 Å². The first-order chi connectivity index (χ1) is 12.5. The third-order valence-electron chi connectivity index (χ3n) is 4.71. The van der Waals surface area contributed by atoms with Crippen LogP contribution in [-0.2, 0) is 0 Å². The van der Waals surface area contributed by atoms with Gasteiger partial charge < -0.3 is 14.4 Å². The molecular weight excluding hydrogens is 334 g/mol. The topological polar surface area (TPSA) is 93.2 Å². The molecule has 0 N–H and O–H groups in total. The minimum Gasteiger partial charge on any atom is -0.349 e. The highest BCUT2D eigenvalue weighted by atomic mass is 16.6. The van der Waals surface area contributed by atoms with Gasteiger partial charge in [-0.3, -0.25) is 4.79 Å². The Bertz CT molecular complexity index is 938. The number of amides is 1. The predicted octanol–water partition coefficient (Wildman–Crippen LogP) is 1.67. The minimum absolute atomic E-state index is 0.0202. The zero-order chi connectivity index (χ0) is 18.3. The standard InChI is InChI=1S/C17H21N7O2/c1-11(2)24-10-19-14-8-13(9-18-16(14)24)17(25)23-6-4-22(5-7-23)15-12(3)20-26-21-15/h8-11H,4-7H2,1-3H3. The summed E-state index contributed by atoms with van der Waals surface area (Å²) in [5, 5.41) is 7.75. The molecule has 3 aromatic rings. The van der Waals surface area contributed by atoms with E-state index in [0.29, 0.717) is 31.7 Å². The summed E-state index contributed by atoms with van der Waals surface area (Å²) in [5.74, 6) is 0.729. The number of piperazine rings is 1. The van der Waals surface area contributed by atoms with Gasteiger partial charge in [0.1, 0.15) is 11.2 Å². The largest absolute Gasteiger partial charge is 0.349 e. The number of rotatable bonds is 3. The molecule has 4 rings (SSSR count). The van der Waals surface area contributed by atoms with Crippen LogP contribution in [0, 0.1) is 6.92 Å². The SMILES string of the molecule is Cc1nonc1N1CCN(C(=O)c2cnc3c(c2)ncn3C(C)C)CC1. The maximum Gasteiger partial charge on any atom is 0.255 e. The lowest BCUT2D eigenvalue weighted by Gasteiger charge is -2.34. The van der Waals surface area contributed by atoms with Crippen molar-refractivity contribution < 1.29 is 9.42 Å². The normalized spacial score (nSPS) is 15.2. The number of imidazole rings is 1. The number of hydrogen-bond donors (Lipinski definition) is 0. The number of pyridine rings is 1. The minimum atomic E-state index is -0.0202. The van der Waals surface area contributed by atoms with Crippen LogP contribution in [0.5, 0.6) is 0 Å². The lowest BCUT2D eigenvalue weighted by molar-refractivity contribution is 0.0746. The number of carbonyl (C=O) groups excluding carboxylic acids is 1. The van der Waals surface area contributed by atoms with Crippen LogP contribution in [0.2, 0.25) is 0 Å². The van der Waals surface area contributed by atoms with E-state index < -0.39 is 0 Å². The molecular formula is C17H21N7O2. The fourth-order valence-corrected chi connectivity index (χ4v) is 3.23. The molecule has 0 bridgehead atoms. The molecule has 0 spiro atoms. The summed E-state index contributed by atoms with van der Waals surface area (Å²) in [7, 11) is 0. The van der Waals surface area contributed by atoms with E-state index in [9.17, 15) is 4.79 Å². The van der Waals surface area contributed by atoms with E-state index in [0.717, 1.165) is 22.7 Å². The van der Waals surface area contributed by atoms with Gasteiger partial charge in [-0.1, -0.05) is 5.16 Å². The van der Waals surface area contributed by atoms with Gasteiger partial charge in [0.2, 0.25) is 0 Å². The van der Waals surface area contributed by atoms with Gasteiger partial charge >= 0.3 is 0 Å². The summed E-state index contributed by atoms with van der Waals surface area (Å²) in [6.45, 7) is 8.63. The van der Waals surface area contributed by atoms with Gasteiger partial charge in [-0.15, -0.1) is 0 Å². The van der Waals surface area contributed by atoms with Crippen LogP contribution in [0.1, 0.15) is 35.9 Å². The second-order valence-corrected chi connectivity index (χ2v) is 6.76. The molecule has 136 valence electrons. The summed E-state index contributed by atoms with van der Waals surface area (Å²) < 4.78 is 6.76. The Kier molecular flexibility index (Phi) is 4.06. The van der Waals surface area contributed by atoms with E-state index in [1.807, 2.05) is 22.5 Å². The van der Waals surface area contributed by atoms with Crippen molar-refractivity contribution in [3.05, 3.63) is 29.8 Å². The zero-order valence-electron chi connectivity index (χ0n) is 15.1. The molecule has 0 aromatic carbocycles. The second-order valence-electron chi connectivity index (χ2n) is 6.76. The Morgan fingerprint density at radius 3 is 2.58 bits per heavy atom. The molecule has 4 heterocycles. The van der Waals surface area contributed by atoms with Crippen LogP contribution in [-0.4, -0.2) is 61.8 Å². The molecule has 1 aliphatic heterocycles. The van der Waals surface area contributed by atoms with Crippen LogP contribution < -0.4 is 4.90 Å². The molecule has 0 atom stereocenters. The van der Waals surface area contributed by atoms with Gasteiger partial charge in [-0.25, -0.2) is 14.6 Å². The van der Waals surface area contributed by atoms with E-state index in [4.69, 9.17) is 4.63 Å². The molecule has 0 radical (unpaired) electrons. The summed E-state index contributed by atoms with van der Waals surface area (Å²) >= 11 is 0. The molecule has 1 fully saturated rings. The average molecular weight is 355 g/mol. The molecule has 1 aliphatic rings. The van der Waals surface area contributed by atoms with Crippen LogP contribution in [0.25, 0.3) is 11.2 Å². The quantitative estimate of drug-likeness (QED) is 0.705. The molecule has 0 unspecified atom stereocenters. The van der Waals surface area contributed by atoms with Crippen LogP contribution in [0.4, 0.5) is 5.82 Å². The molecule has 1 saturated heterocycles. The Hall–Kier alpha value is -2.97. The predicted molar refractivity (Wildman–Crippen MR) is 95.1 cm³/mol. The fraction of sp³-hybridized carbons (Fsp3) is 0.471. The Morgan fingerprint density at radius 1 is 1.15 bits per heavy atom. The Balaban J connectivity index is 1.48. The summed E-state index contributed by atoms with van der Waals surface area (Å²) in [5.41, 5.74) is 2.88. The molecule has 26 heavy (non-hydrogen) atoms. The molecule has 3 aromatic heterocycles. The number of hydrogen-bond acceptors (Lipinski definition) is 7. The number of fused-ring (bicyclic) bond motifs is 1.